The van der Waals surface area contributed by atoms with Crippen molar-refractivity contribution in [3.63, 3.8) is 0 Å². The van der Waals surface area contributed by atoms with Gasteiger partial charge >= 0.3 is 0 Å². The molecule has 0 fully saturated rings. The lowest BCUT2D eigenvalue weighted by atomic mass is 10.1. The van der Waals surface area contributed by atoms with Crippen LogP contribution < -0.4 is 10.6 Å². The third-order valence-electron chi connectivity index (χ3n) is 3.74. The quantitative estimate of drug-likeness (QED) is 0.726. The maximum absolute atomic E-state index is 13.1. The summed E-state index contributed by atoms with van der Waals surface area (Å²) < 4.78 is 13.1. The Bertz CT molecular complexity index is 832. The van der Waals surface area contributed by atoms with E-state index in [2.05, 4.69) is 10.6 Å². The molecule has 0 heterocycles. The van der Waals surface area contributed by atoms with Gasteiger partial charge in [0.1, 0.15) is 5.82 Å². The first-order chi connectivity index (χ1) is 12.7. The van der Waals surface area contributed by atoms with Crippen LogP contribution in [0.5, 0.6) is 0 Å². The number of carbonyl (C=O) groups excluding carboxylic acids is 2. The predicted molar refractivity (Wildman–Crippen MR) is 106 cm³/mol. The molecule has 0 radical (unpaired) electrons. The molecule has 1 atom stereocenters. The van der Waals surface area contributed by atoms with Crippen molar-refractivity contribution in [2.24, 2.45) is 0 Å². The number of nitrogens with zero attached hydrogens (tertiary/aromatic N) is 1. The topological polar surface area (TPSA) is 61.4 Å². The summed E-state index contributed by atoms with van der Waals surface area (Å²) in [5.41, 5.74) is 1.12. The normalized spacial score (nSPS) is 11.9. The summed E-state index contributed by atoms with van der Waals surface area (Å²) in [5.74, 6) is -1.03. The summed E-state index contributed by atoms with van der Waals surface area (Å²) in [6, 6.07) is 10.4. The average Bonchev–Trinajstić information content (AvgIpc) is 2.53. The second-order valence-electron chi connectivity index (χ2n) is 6.19. The van der Waals surface area contributed by atoms with Crippen LogP contribution in [-0.4, -0.2) is 36.9 Å². The molecule has 2 aromatic carbocycles. The molecular weight excluding hydrogens is 392 g/mol. The summed E-state index contributed by atoms with van der Waals surface area (Å²) in [6.45, 7) is 1.82. The van der Waals surface area contributed by atoms with Crippen molar-refractivity contribution in [1.82, 2.24) is 10.2 Å². The van der Waals surface area contributed by atoms with Crippen molar-refractivity contribution in [3.8, 4) is 0 Å². The van der Waals surface area contributed by atoms with Gasteiger partial charge in [0.25, 0.3) is 0 Å². The molecular formula is C19H20Cl2FN3O2. The number of nitrogens with one attached hydrogen (secondary N) is 2. The molecule has 2 aromatic rings. The number of benzene rings is 2. The molecule has 0 aromatic heterocycles. The van der Waals surface area contributed by atoms with E-state index in [1.165, 1.54) is 18.2 Å². The van der Waals surface area contributed by atoms with E-state index in [9.17, 15) is 14.0 Å². The predicted octanol–water partition coefficient (Wildman–Crippen LogP) is 3.88. The summed E-state index contributed by atoms with van der Waals surface area (Å²) in [5, 5.41) is 6.40. The fourth-order valence-electron chi connectivity index (χ4n) is 2.53. The second kappa shape index (κ2) is 9.69. The third kappa shape index (κ3) is 6.82. The molecule has 0 saturated carbocycles. The Hall–Kier alpha value is -2.15. The third-order valence-corrected chi connectivity index (χ3v) is 4.30. The highest BCUT2D eigenvalue weighted by atomic mass is 35.5. The number of amides is 2. The molecule has 2 rings (SSSR count). The van der Waals surface area contributed by atoms with E-state index in [4.69, 9.17) is 23.2 Å². The van der Waals surface area contributed by atoms with E-state index in [0.717, 1.165) is 5.56 Å². The number of hydrogen-bond donors (Lipinski definition) is 2. The molecule has 0 saturated heterocycles. The first-order valence-electron chi connectivity index (χ1n) is 8.23. The van der Waals surface area contributed by atoms with E-state index < -0.39 is 5.82 Å². The Morgan fingerprint density at radius 2 is 1.81 bits per heavy atom. The van der Waals surface area contributed by atoms with E-state index in [0.29, 0.717) is 15.7 Å². The molecule has 0 spiro atoms. The van der Waals surface area contributed by atoms with Crippen LogP contribution in [-0.2, 0) is 9.59 Å². The summed E-state index contributed by atoms with van der Waals surface area (Å²) in [4.78, 5) is 25.8. The maximum Gasteiger partial charge on any atom is 0.238 e. The minimum Gasteiger partial charge on any atom is -0.348 e. The van der Waals surface area contributed by atoms with Gasteiger partial charge in [-0.15, -0.1) is 0 Å². The Kier molecular flexibility index (Phi) is 7.59. The Morgan fingerprint density at radius 3 is 2.48 bits per heavy atom. The molecule has 5 nitrogen and oxygen atoms in total. The first kappa shape index (κ1) is 21.2. The minimum atomic E-state index is -0.435. The van der Waals surface area contributed by atoms with Crippen LogP contribution in [0.1, 0.15) is 18.5 Å². The number of likely N-dealkylation sites (N-methyl/N-ethyl adjacent to an activating group) is 1. The van der Waals surface area contributed by atoms with Gasteiger partial charge in [0.05, 0.1) is 19.1 Å². The standard InChI is InChI=1S/C19H20Cl2FN3O2/c1-12(16-7-6-13(20)8-17(16)21)23-18(26)10-25(2)11-19(27)24-15-5-3-4-14(22)9-15/h3-9,12H,10-11H2,1-2H3,(H,23,26)(H,24,27)/t12-/m0/s1. The van der Waals surface area contributed by atoms with Gasteiger partial charge in [-0.1, -0.05) is 35.3 Å². The molecule has 0 aliphatic carbocycles. The molecule has 8 heteroatoms. The summed E-state index contributed by atoms with van der Waals surface area (Å²) >= 11 is 12.0. The molecule has 144 valence electrons. The van der Waals surface area contributed by atoms with Crippen LogP contribution in [0, 0.1) is 5.82 Å². The van der Waals surface area contributed by atoms with Crippen molar-refractivity contribution < 1.29 is 14.0 Å². The molecule has 2 N–H and O–H groups in total. The molecule has 0 aliphatic heterocycles. The van der Waals surface area contributed by atoms with Crippen molar-refractivity contribution in [2.75, 3.05) is 25.5 Å². The van der Waals surface area contributed by atoms with Crippen LogP contribution in [0.4, 0.5) is 10.1 Å². The van der Waals surface area contributed by atoms with Gasteiger partial charge in [-0.2, -0.15) is 0 Å². The van der Waals surface area contributed by atoms with Crippen LogP contribution in [0.3, 0.4) is 0 Å². The number of hydrogen-bond acceptors (Lipinski definition) is 3. The zero-order valence-corrected chi connectivity index (χ0v) is 16.4. The first-order valence-corrected chi connectivity index (χ1v) is 8.98. The van der Waals surface area contributed by atoms with Crippen molar-refractivity contribution in [3.05, 3.63) is 63.9 Å². The molecule has 2 amide bonds. The zero-order chi connectivity index (χ0) is 20.0. The van der Waals surface area contributed by atoms with Crippen molar-refractivity contribution in [2.45, 2.75) is 13.0 Å². The number of rotatable bonds is 7. The highest BCUT2D eigenvalue weighted by molar-refractivity contribution is 6.35. The van der Waals surface area contributed by atoms with Gasteiger partial charge in [0.2, 0.25) is 11.8 Å². The Balaban J connectivity index is 1.83. The summed E-state index contributed by atoms with van der Waals surface area (Å²) in [7, 11) is 1.64. The monoisotopic (exact) mass is 411 g/mol. The zero-order valence-electron chi connectivity index (χ0n) is 14.9. The SMILES string of the molecule is C[C@H](NC(=O)CN(C)CC(=O)Nc1cccc(F)c1)c1ccc(Cl)cc1Cl. The van der Waals surface area contributed by atoms with Gasteiger partial charge in [-0.3, -0.25) is 14.5 Å². The van der Waals surface area contributed by atoms with Crippen LogP contribution in [0.25, 0.3) is 0 Å². The minimum absolute atomic E-state index is 0.0139. The Morgan fingerprint density at radius 1 is 1.11 bits per heavy atom. The second-order valence-corrected chi connectivity index (χ2v) is 7.03. The van der Waals surface area contributed by atoms with Gasteiger partial charge in [0, 0.05) is 15.7 Å². The lowest BCUT2D eigenvalue weighted by Crippen LogP contribution is -2.39. The van der Waals surface area contributed by atoms with Crippen molar-refractivity contribution in [1.29, 1.82) is 0 Å². The molecule has 27 heavy (non-hydrogen) atoms. The number of anilines is 1. The highest BCUT2D eigenvalue weighted by Gasteiger charge is 2.16. The van der Waals surface area contributed by atoms with E-state index in [1.54, 1.807) is 36.2 Å². The largest absolute Gasteiger partial charge is 0.348 e. The van der Waals surface area contributed by atoms with Crippen LogP contribution in [0.15, 0.2) is 42.5 Å². The molecule has 0 bridgehead atoms. The van der Waals surface area contributed by atoms with Crippen LogP contribution >= 0.6 is 23.2 Å². The lowest BCUT2D eigenvalue weighted by Gasteiger charge is -2.19. The van der Waals surface area contributed by atoms with Gasteiger partial charge < -0.3 is 10.6 Å². The average molecular weight is 412 g/mol. The fraction of sp³-hybridized carbons (Fsp3) is 0.263. The lowest BCUT2D eigenvalue weighted by molar-refractivity contribution is -0.123. The number of carbonyl (C=O) groups is 2. The smallest absolute Gasteiger partial charge is 0.238 e. The van der Waals surface area contributed by atoms with Crippen molar-refractivity contribution >= 4 is 40.7 Å². The highest BCUT2D eigenvalue weighted by Crippen LogP contribution is 2.26. The fourth-order valence-corrected chi connectivity index (χ4v) is 3.10. The Labute approximate surface area is 167 Å². The summed E-state index contributed by atoms with van der Waals surface area (Å²) in [6.07, 6.45) is 0. The molecule has 0 unspecified atom stereocenters. The van der Waals surface area contributed by atoms with Crippen LogP contribution in [0.2, 0.25) is 10.0 Å². The van der Waals surface area contributed by atoms with E-state index in [-0.39, 0.29) is 30.9 Å². The van der Waals surface area contributed by atoms with Gasteiger partial charge in [-0.25, -0.2) is 4.39 Å². The van der Waals surface area contributed by atoms with Gasteiger partial charge in [-0.05, 0) is 49.9 Å². The molecule has 0 aliphatic rings. The van der Waals surface area contributed by atoms with Gasteiger partial charge in [0.15, 0.2) is 0 Å². The maximum atomic E-state index is 13.1. The number of halogens is 3. The van der Waals surface area contributed by atoms with E-state index in [1.807, 2.05) is 6.92 Å². The van der Waals surface area contributed by atoms with E-state index >= 15 is 0 Å².